The molecule has 0 spiro atoms. The second-order valence-electron chi connectivity index (χ2n) is 4.34. The van der Waals surface area contributed by atoms with Crippen LogP contribution in [-0.4, -0.2) is 48.6 Å². The SMILES string of the molecule is CCN(CCN)C(=O)N1CCCC(C)C1. The number of urea groups is 1. The van der Waals surface area contributed by atoms with Gasteiger partial charge in [0.15, 0.2) is 0 Å². The van der Waals surface area contributed by atoms with Crippen LogP contribution in [-0.2, 0) is 0 Å². The van der Waals surface area contributed by atoms with E-state index in [2.05, 4.69) is 6.92 Å². The lowest BCUT2D eigenvalue weighted by Crippen LogP contribution is -2.48. The number of carbonyl (C=O) groups excluding carboxylic acids is 1. The van der Waals surface area contributed by atoms with Gasteiger partial charge in [0.05, 0.1) is 0 Å². The quantitative estimate of drug-likeness (QED) is 0.763. The predicted molar refractivity (Wildman–Crippen MR) is 61.7 cm³/mol. The molecule has 15 heavy (non-hydrogen) atoms. The molecule has 1 saturated heterocycles. The third-order valence-corrected chi connectivity index (χ3v) is 2.98. The van der Waals surface area contributed by atoms with Crippen LogP contribution < -0.4 is 5.73 Å². The Morgan fingerprint density at radius 2 is 2.33 bits per heavy atom. The van der Waals surface area contributed by atoms with Gasteiger partial charge < -0.3 is 15.5 Å². The molecular weight excluding hydrogens is 190 g/mol. The molecule has 0 saturated carbocycles. The van der Waals surface area contributed by atoms with Gasteiger partial charge in [-0.3, -0.25) is 0 Å². The maximum Gasteiger partial charge on any atom is 0.320 e. The maximum absolute atomic E-state index is 12.1. The van der Waals surface area contributed by atoms with Gasteiger partial charge in [-0.1, -0.05) is 6.92 Å². The normalized spacial score (nSPS) is 21.5. The van der Waals surface area contributed by atoms with Gasteiger partial charge in [0, 0.05) is 32.7 Å². The lowest BCUT2D eigenvalue weighted by Gasteiger charge is -2.35. The summed E-state index contributed by atoms with van der Waals surface area (Å²) in [6.07, 6.45) is 2.37. The van der Waals surface area contributed by atoms with Crippen molar-refractivity contribution in [1.82, 2.24) is 9.80 Å². The molecule has 2 amide bonds. The summed E-state index contributed by atoms with van der Waals surface area (Å²) in [5.74, 6) is 0.638. The molecule has 2 N–H and O–H groups in total. The van der Waals surface area contributed by atoms with Crippen molar-refractivity contribution in [2.75, 3.05) is 32.7 Å². The fraction of sp³-hybridized carbons (Fsp3) is 0.909. The maximum atomic E-state index is 12.1. The van der Waals surface area contributed by atoms with E-state index in [9.17, 15) is 4.79 Å². The molecular formula is C11H23N3O. The molecule has 1 heterocycles. The number of likely N-dealkylation sites (tertiary alicyclic amines) is 1. The Labute approximate surface area is 92.4 Å². The van der Waals surface area contributed by atoms with Crippen LogP contribution in [0.3, 0.4) is 0 Å². The number of likely N-dealkylation sites (N-methyl/N-ethyl adjacent to an activating group) is 1. The fourth-order valence-electron chi connectivity index (χ4n) is 2.11. The van der Waals surface area contributed by atoms with Gasteiger partial charge in [0.1, 0.15) is 0 Å². The van der Waals surface area contributed by atoms with Gasteiger partial charge in [0.25, 0.3) is 0 Å². The van der Waals surface area contributed by atoms with Crippen molar-refractivity contribution in [3.05, 3.63) is 0 Å². The molecule has 1 atom stereocenters. The lowest BCUT2D eigenvalue weighted by atomic mass is 10.0. The Kier molecular flexibility index (Phi) is 4.88. The van der Waals surface area contributed by atoms with Crippen molar-refractivity contribution in [2.45, 2.75) is 26.7 Å². The number of carbonyl (C=O) groups is 1. The highest BCUT2D eigenvalue weighted by molar-refractivity contribution is 5.74. The molecule has 1 rings (SSSR count). The van der Waals surface area contributed by atoms with Crippen molar-refractivity contribution < 1.29 is 4.79 Å². The molecule has 0 radical (unpaired) electrons. The number of nitrogens with two attached hydrogens (primary N) is 1. The highest BCUT2D eigenvalue weighted by Gasteiger charge is 2.23. The molecule has 4 nitrogen and oxygen atoms in total. The minimum atomic E-state index is 0.162. The molecule has 88 valence electrons. The third-order valence-electron chi connectivity index (χ3n) is 2.98. The largest absolute Gasteiger partial charge is 0.329 e. The topological polar surface area (TPSA) is 49.6 Å². The molecule has 1 aliphatic heterocycles. The molecule has 0 bridgehead atoms. The number of nitrogens with zero attached hydrogens (tertiary/aromatic N) is 2. The van der Waals surface area contributed by atoms with E-state index in [-0.39, 0.29) is 6.03 Å². The van der Waals surface area contributed by atoms with E-state index < -0.39 is 0 Å². The summed E-state index contributed by atoms with van der Waals surface area (Å²) in [5.41, 5.74) is 5.49. The van der Waals surface area contributed by atoms with Gasteiger partial charge in [-0.15, -0.1) is 0 Å². The summed E-state index contributed by atoms with van der Waals surface area (Å²) in [4.78, 5) is 15.9. The zero-order valence-electron chi connectivity index (χ0n) is 9.91. The highest BCUT2D eigenvalue weighted by atomic mass is 16.2. The third kappa shape index (κ3) is 3.38. The van der Waals surface area contributed by atoms with Crippen LogP contribution in [0.4, 0.5) is 4.79 Å². The van der Waals surface area contributed by atoms with Crippen molar-refractivity contribution in [2.24, 2.45) is 11.7 Å². The molecule has 0 aliphatic carbocycles. The summed E-state index contributed by atoms with van der Waals surface area (Å²) in [6, 6.07) is 0.162. The number of hydrogen-bond donors (Lipinski definition) is 1. The van der Waals surface area contributed by atoms with Gasteiger partial charge in [-0.2, -0.15) is 0 Å². The number of amides is 2. The second-order valence-corrected chi connectivity index (χ2v) is 4.34. The van der Waals surface area contributed by atoms with E-state index in [1.54, 1.807) is 0 Å². The Bertz CT molecular complexity index is 208. The molecule has 1 aliphatic rings. The second kappa shape index (κ2) is 5.95. The molecule has 1 unspecified atom stereocenters. The van der Waals surface area contributed by atoms with Crippen LogP contribution in [0.2, 0.25) is 0 Å². The molecule has 1 fully saturated rings. The average molecular weight is 213 g/mol. The lowest BCUT2D eigenvalue weighted by molar-refractivity contribution is 0.134. The zero-order chi connectivity index (χ0) is 11.3. The van der Waals surface area contributed by atoms with Gasteiger partial charge >= 0.3 is 6.03 Å². The first kappa shape index (κ1) is 12.3. The Hall–Kier alpha value is -0.770. The van der Waals surface area contributed by atoms with Crippen molar-refractivity contribution in [3.8, 4) is 0 Å². The summed E-state index contributed by atoms with van der Waals surface area (Å²) in [5, 5.41) is 0. The first-order valence-electron chi connectivity index (χ1n) is 5.93. The summed E-state index contributed by atoms with van der Waals surface area (Å²) < 4.78 is 0. The van der Waals surface area contributed by atoms with E-state index in [0.29, 0.717) is 19.0 Å². The molecule has 4 heteroatoms. The Morgan fingerprint density at radius 3 is 2.87 bits per heavy atom. The number of hydrogen-bond acceptors (Lipinski definition) is 2. The van der Waals surface area contributed by atoms with Crippen LogP contribution in [0.25, 0.3) is 0 Å². The predicted octanol–water partition coefficient (Wildman–Crippen LogP) is 1.12. The van der Waals surface area contributed by atoms with Crippen LogP contribution in [0, 0.1) is 5.92 Å². The highest BCUT2D eigenvalue weighted by Crippen LogP contribution is 2.16. The van der Waals surface area contributed by atoms with Crippen LogP contribution in [0.15, 0.2) is 0 Å². The van der Waals surface area contributed by atoms with E-state index in [0.717, 1.165) is 26.1 Å². The van der Waals surface area contributed by atoms with Crippen LogP contribution in [0.1, 0.15) is 26.7 Å². The Balaban J connectivity index is 2.49. The number of rotatable bonds is 3. The minimum Gasteiger partial charge on any atom is -0.329 e. The zero-order valence-corrected chi connectivity index (χ0v) is 9.91. The smallest absolute Gasteiger partial charge is 0.320 e. The summed E-state index contributed by atoms with van der Waals surface area (Å²) in [6.45, 7) is 7.98. The monoisotopic (exact) mass is 213 g/mol. The average Bonchev–Trinajstić information content (AvgIpc) is 2.25. The summed E-state index contributed by atoms with van der Waals surface area (Å²) >= 11 is 0. The van der Waals surface area contributed by atoms with E-state index in [4.69, 9.17) is 5.73 Å². The van der Waals surface area contributed by atoms with Gasteiger partial charge in [-0.25, -0.2) is 4.79 Å². The summed E-state index contributed by atoms with van der Waals surface area (Å²) in [7, 11) is 0. The first-order chi connectivity index (χ1) is 7.19. The van der Waals surface area contributed by atoms with E-state index >= 15 is 0 Å². The van der Waals surface area contributed by atoms with Gasteiger partial charge in [-0.05, 0) is 25.7 Å². The Morgan fingerprint density at radius 1 is 1.60 bits per heavy atom. The van der Waals surface area contributed by atoms with Crippen molar-refractivity contribution in [1.29, 1.82) is 0 Å². The van der Waals surface area contributed by atoms with E-state index in [1.807, 2.05) is 16.7 Å². The van der Waals surface area contributed by atoms with E-state index in [1.165, 1.54) is 6.42 Å². The van der Waals surface area contributed by atoms with Crippen molar-refractivity contribution >= 4 is 6.03 Å². The van der Waals surface area contributed by atoms with Crippen LogP contribution >= 0.6 is 0 Å². The first-order valence-corrected chi connectivity index (χ1v) is 5.93. The minimum absolute atomic E-state index is 0.162. The molecule has 0 aromatic carbocycles. The number of piperidine rings is 1. The standard InChI is InChI=1S/C11H23N3O/c1-3-13(8-6-12)11(15)14-7-4-5-10(2)9-14/h10H,3-9,12H2,1-2H3. The van der Waals surface area contributed by atoms with Crippen LogP contribution in [0.5, 0.6) is 0 Å². The molecule has 0 aromatic rings. The van der Waals surface area contributed by atoms with Gasteiger partial charge in [0.2, 0.25) is 0 Å². The fourth-order valence-corrected chi connectivity index (χ4v) is 2.11. The van der Waals surface area contributed by atoms with Crippen molar-refractivity contribution in [3.63, 3.8) is 0 Å². The molecule has 0 aromatic heterocycles.